The summed E-state index contributed by atoms with van der Waals surface area (Å²) in [6.07, 6.45) is 0.710. The number of nitrogens with zero attached hydrogens (tertiary/aromatic N) is 4. The van der Waals surface area contributed by atoms with Crippen molar-refractivity contribution in [2.75, 3.05) is 31.3 Å². The molecule has 2 aromatic rings. The number of rotatable bonds is 8. The maximum atomic E-state index is 5.47. The van der Waals surface area contributed by atoms with Crippen molar-refractivity contribution in [1.82, 2.24) is 20.4 Å². The number of hydrogen-bond donors (Lipinski definition) is 2. The predicted octanol–water partition coefficient (Wildman–Crippen LogP) is 0.330. The molecule has 0 bridgehead atoms. The molecule has 0 aliphatic heterocycles. The molecule has 0 aromatic carbocycles. The molecule has 0 aliphatic carbocycles. The van der Waals surface area contributed by atoms with Crippen LogP contribution in [-0.4, -0.2) is 40.2 Å². The summed E-state index contributed by atoms with van der Waals surface area (Å²) < 4.78 is 10.8. The Bertz CT molecular complexity index is 458. The van der Waals surface area contributed by atoms with E-state index in [-0.39, 0.29) is 0 Å². The lowest BCUT2D eigenvalue weighted by Gasteiger charge is -2.03. The van der Waals surface area contributed by atoms with Gasteiger partial charge in [0, 0.05) is 6.42 Å². The summed E-state index contributed by atoms with van der Waals surface area (Å²) in [5.74, 6) is 0. The van der Waals surface area contributed by atoms with Crippen LogP contribution in [0.3, 0.4) is 0 Å². The third-order valence-corrected chi connectivity index (χ3v) is 3.56. The normalized spacial score (nSPS) is 10.9. The molecule has 0 amide bonds. The lowest BCUT2D eigenvalue weighted by molar-refractivity contribution is 0.0414. The third-order valence-electron chi connectivity index (χ3n) is 2.02. The molecule has 0 unspecified atom stereocenters. The summed E-state index contributed by atoms with van der Waals surface area (Å²) in [6.45, 7) is 2.00. The summed E-state index contributed by atoms with van der Waals surface area (Å²) in [5.41, 5.74) is 10.9. The van der Waals surface area contributed by atoms with E-state index in [1.807, 2.05) is 0 Å². The van der Waals surface area contributed by atoms with Crippen LogP contribution in [0.15, 0.2) is 0 Å². The van der Waals surface area contributed by atoms with Crippen molar-refractivity contribution in [2.24, 2.45) is 0 Å². The average Bonchev–Trinajstić information content (AvgIpc) is 2.97. The van der Waals surface area contributed by atoms with Crippen LogP contribution in [0.25, 0.3) is 0 Å². The first-order valence-corrected chi connectivity index (χ1v) is 7.18. The van der Waals surface area contributed by atoms with E-state index >= 15 is 0 Å². The van der Waals surface area contributed by atoms with Gasteiger partial charge in [0.15, 0.2) is 0 Å². The van der Waals surface area contributed by atoms with Gasteiger partial charge in [-0.2, -0.15) is 0 Å². The molecule has 0 spiro atoms. The summed E-state index contributed by atoms with van der Waals surface area (Å²) in [4.78, 5) is 0. The van der Waals surface area contributed by atoms with Gasteiger partial charge >= 0.3 is 0 Å². The molecule has 0 fully saturated rings. The fourth-order valence-corrected chi connectivity index (χ4v) is 2.37. The number of anilines is 2. The van der Waals surface area contributed by atoms with E-state index in [1.54, 1.807) is 0 Å². The second kappa shape index (κ2) is 7.28. The zero-order valence-corrected chi connectivity index (χ0v) is 11.7. The van der Waals surface area contributed by atoms with Gasteiger partial charge in [-0.3, -0.25) is 0 Å². The van der Waals surface area contributed by atoms with E-state index in [0.717, 1.165) is 10.0 Å². The summed E-state index contributed by atoms with van der Waals surface area (Å²) >= 11 is 2.69. The molecule has 0 aliphatic rings. The highest BCUT2D eigenvalue weighted by Gasteiger charge is 2.02. The van der Waals surface area contributed by atoms with Crippen LogP contribution in [0, 0.1) is 0 Å². The number of hydrogen-bond acceptors (Lipinski definition) is 10. The quantitative estimate of drug-likeness (QED) is 0.669. The Morgan fingerprint density at radius 3 is 2.05 bits per heavy atom. The Morgan fingerprint density at radius 1 is 0.789 bits per heavy atom. The molecular weight excluding hydrogens is 288 g/mol. The molecule has 0 saturated carbocycles. The Morgan fingerprint density at radius 2 is 1.42 bits per heavy atom. The summed E-state index contributed by atoms with van der Waals surface area (Å²) in [5, 5.41) is 17.7. The zero-order chi connectivity index (χ0) is 13.5. The molecule has 2 heterocycles. The monoisotopic (exact) mass is 302 g/mol. The van der Waals surface area contributed by atoms with Crippen LogP contribution in [0.5, 0.6) is 0 Å². The van der Waals surface area contributed by atoms with Crippen LogP contribution in [-0.2, 0) is 22.5 Å². The van der Waals surface area contributed by atoms with E-state index < -0.39 is 0 Å². The van der Waals surface area contributed by atoms with E-state index in [1.165, 1.54) is 22.7 Å². The smallest absolute Gasteiger partial charge is 0.203 e. The molecule has 2 rings (SSSR count). The number of nitrogens with two attached hydrogens (primary N) is 2. The number of nitrogen functional groups attached to an aromatic ring is 2. The van der Waals surface area contributed by atoms with Crippen molar-refractivity contribution in [1.29, 1.82) is 0 Å². The average molecular weight is 302 g/mol. The van der Waals surface area contributed by atoms with Gasteiger partial charge < -0.3 is 20.9 Å². The lowest BCUT2D eigenvalue weighted by Crippen LogP contribution is -2.06. The second-order valence-electron chi connectivity index (χ2n) is 3.48. The first-order valence-electron chi connectivity index (χ1n) is 5.55. The van der Waals surface area contributed by atoms with Crippen molar-refractivity contribution in [3.05, 3.63) is 10.0 Å². The van der Waals surface area contributed by atoms with Gasteiger partial charge in [0.25, 0.3) is 0 Å². The van der Waals surface area contributed by atoms with Crippen LogP contribution in [0.1, 0.15) is 10.0 Å². The molecule has 8 nitrogen and oxygen atoms in total. The standard InChI is InChI=1S/C9H14N6O2S2/c10-8-14-12-6(18-8)1-2-16-3-4-17-5-7-13-15-9(11)19-7/h1-5H2,(H2,10,14)(H2,11,15). The maximum absolute atomic E-state index is 5.47. The predicted molar refractivity (Wildman–Crippen MR) is 72.8 cm³/mol. The molecule has 10 heteroatoms. The van der Waals surface area contributed by atoms with Gasteiger partial charge in [-0.05, 0) is 0 Å². The topological polar surface area (TPSA) is 122 Å². The van der Waals surface area contributed by atoms with Gasteiger partial charge in [-0.1, -0.05) is 22.7 Å². The Balaban J connectivity index is 1.48. The fourth-order valence-electron chi connectivity index (χ4n) is 1.23. The maximum Gasteiger partial charge on any atom is 0.203 e. The van der Waals surface area contributed by atoms with Gasteiger partial charge in [0.1, 0.15) is 16.6 Å². The number of aromatic nitrogens is 4. The van der Waals surface area contributed by atoms with Gasteiger partial charge in [0.05, 0.1) is 19.8 Å². The summed E-state index contributed by atoms with van der Waals surface area (Å²) in [7, 11) is 0. The van der Waals surface area contributed by atoms with Gasteiger partial charge in [-0.15, -0.1) is 20.4 Å². The van der Waals surface area contributed by atoms with Gasteiger partial charge in [-0.25, -0.2) is 0 Å². The van der Waals surface area contributed by atoms with Crippen LogP contribution in [0.2, 0.25) is 0 Å². The Hall–Kier alpha value is -1.36. The minimum absolute atomic E-state index is 0.408. The first-order chi connectivity index (χ1) is 9.24. The Labute approximate surface area is 117 Å². The second-order valence-corrected chi connectivity index (χ2v) is 5.67. The van der Waals surface area contributed by atoms with Crippen molar-refractivity contribution < 1.29 is 9.47 Å². The number of ether oxygens (including phenoxy) is 2. The van der Waals surface area contributed by atoms with E-state index in [2.05, 4.69) is 20.4 Å². The van der Waals surface area contributed by atoms with Crippen molar-refractivity contribution in [2.45, 2.75) is 13.0 Å². The highest BCUT2D eigenvalue weighted by Crippen LogP contribution is 2.12. The third kappa shape index (κ3) is 5.03. The van der Waals surface area contributed by atoms with Crippen molar-refractivity contribution in [3.8, 4) is 0 Å². The highest BCUT2D eigenvalue weighted by molar-refractivity contribution is 7.15. The molecular formula is C9H14N6O2S2. The van der Waals surface area contributed by atoms with Gasteiger partial charge in [0.2, 0.25) is 10.3 Å². The van der Waals surface area contributed by atoms with Crippen LogP contribution in [0.4, 0.5) is 10.3 Å². The summed E-state index contributed by atoms with van der Waals surface area (Å²) in [6, 6.07) is 0. The van der Waals surface area contributed by atoms with Crippen molar-refractivity contribution >= 4 is 32.9 Å². The molecule has 4 N–H and O–H groups in total. The van der Waals surface area contributed by atoms with E-state index in [4.69, 9.17) is 20.9 Å². The zero-order valence-electron chi connectivity index (χ0n) is 10.1. The largest absolute Gasteiger partial charge is 0.379 e. The SMILES string of the molecule is Nc1nnc(CCOCCOCc2nnc(N)s2)s1. The lowest BCUT2D eigenvalue weighted by atomic mass is 10.5. The first kappa shape index (κ1) is 14.1. The fraction of sp³-hybridized carbons (Fsp3) is 0.556. The molecule has 2 aromatic heterocycles. The van der Waals surface area contributed by atoms with Crippen molar-refractivity contribution in [3.63, 3.8) is 0 Å². The molecule has 0 saturated heterocycles. The van der Waals surface area contributed by atoms with Crippen LogP contribution >= 0.6 is 22.7 Å². The van der Waals surface area contributed by atoms with E-state index in [9.17, 15) is 0 Å². The molecule has 19 heavy (non-hydrogen) atoms. The highest BCUT2D eigenvalue weighted by atomic mass is 32.1. The van der Waals surface area contributed by atoms with E-state index in [0.29, 0.717) is 43.1 Å². The van der Waals surface area contributed by atoms with Crippen LogP contribution < -0.4 is 11.5 Å². The minimum Gasteiger partial charge on any atom is -0.379 e. The molecule has 0 radical (unpaired) electrons. The Kier molecular flexibility index (Phi) is 5.39. The minimum atomic E-state index is 0.408. The molecule has 0 atom stereocenters. The molecule has 104 valence electrons.